The van der Waals surface area contributed by atoms with Crippen molar-refractivity contribution in [2.45, 2.75) is 45.2 Å². The van der Waals surface area contributed by atoms with Crippen molar-refractivity contribution in [2.24, 2.45) is 0 Å². The Kier molecular flexibility index (Phi) is 7.45. The summed E-state index contributed by atoms with van der Waals surface area (Å²) in [6, 6.07) is 8.00. The largest absolute Gasteiger partial charge is 0.355 e. The van der Waals surface area contributed by atoms with Crippen molar-refractivity contribution in [3.05, 3.63) is 29.8 Å². The molecule has 0 saturated heterocycles. The minimum absolute atomic E-state index is 0.108. The van der Waals surface area contributed by atoms with E-state index in [2.05, 4.69) is 62.1 Å². The Balaban J connectivity index is 1.68. The van der Waals surface area contributed by atoms with Crippen LogP contribution in [0.3, 0.4) is 0 Å². The van der Waals surface area contributed by atoms with Gasteiger partial charge in [0.05, 0.1) is 5.75 Å². The van der Waals surface area contributed by atoms with Gasteiger partial charge < -0.3 is 16.0 Å². The van der Waals surface area contributed by atoms with Crippen LogP contribution in [0, 0.1) is 0 Å². The van der Waals surface area contributed by atoms with E-state index in [0.29, 0.717) is 41.8 Å². The summed E-state index contributed by atoms with van der Waals surface area (Å²) in [6.07, 6.45) is 1.09. The predicted molar refractivity (Wildman–Crippen MR) is 121 cm³/mol. The van der Waals surface area contributed by atoms with Crippen molar-refractivity contribution in [3.63, 3.8) is 0 Å². The summed E-state index contributed by atoms with van der Waals surface area (Å²) in [5, 5.41) is 18.1. The van der Waals surface area contributed by atoms with Crippen LogP contribution in [0.5, 0.6) is 0 Å². The van der Waals surface area contributed by atoms with E-state index < -0.39 is 0 Å². The third kappa shape index (κ3) is 5.18. The van der Waals surface area contributed by atoms with Gasteiger partial charge in [0.2, 0.25) is 17.8 Å². The van der Waals surface area contributed by atoms with E-state index in [1.165, 1.54) is 17.3 Å². The second-order valence-electron chi connectivity index (χ2n) is 6.82. The quantitative estimate of drug-likeness (QED) is 0.420. The molecule has 1 amide bonds. The fourth-order valence-electron chi connectivity index (χ4n) is 2.86. The SMILES string of the molecule is CCNc1nc(NCC)n2c(SCC(=O)Nc3ccc(C(C)CC)cc3)nnc2n1. The van der Waals surface area contributed by atoms with Crippen LogP contribution in [0.4, 0.5) is 17.6 Å². The number of carbonyl (C=O) groups excluding carboxylic acids is 1. The number of hydrogen-bond acceptors (Lipinski definition) is 8. The summed E-state index contributed by atoms with van der Waals surface area (Å²) < 4.78 is 1.73. The van der Waals surface area contributed by atoms with Crippen molar-refractivity contribution in [3.8, 4) is 0 Å². The molecule has 3 rings (SSSR count). The summed E-state index contributed by atoms with van der Waals surface area (Å²) in [4.78, 5) is 21.3. The van der Waals surface area contributed by atoms with Gasteiger partial charge in [-0.05, 0) is 43.9 Å². The maximum atomic E-state index is 12.4. The molecule has 0 aliphatic rings. The first-order valence-electron chi connectivity index (χ1n) is 10.2. The van der Waals surface area contributed by atoms with Crippen molar-refractivity contribution >= 4 is 41.0 Å². The summed E-state index contributed by atoms with van der Waals surface area (Å²) in [6.45, 7) is 9.71. The van der Waals surface area contributed by atoms with E-state index in [9.17, 15) is 4.79 Å². The first-order chi connectivity index (χ1) is 14.5. The molecular formula is C20H28N8OS. The smallest absolute Gasteiger partial charge is 0.261 e. The van der Waals surface area contributed by atoms with Gasteiger partial charge in [-0.2, -0.15) is 9.97 Å². The lowest BCUT2D eigenvalue weighted by molar-refractivity contribution is -0.113. The van der Waals surface area contributed by atoms with Gasteiger partial charge >= 0.3 is 0 Å². The van der Waals surface area contributed by atoms with Crippen LogP contribution in [0.15, 0.2) is 29.4 Å². The predicted octanol–water partition coefficient (Wildman–Crippen LogP) is 3.63. The molecule has 1 unspecified atom stereocenters. The second kappa shape index (κ2) is 10.2. The van der Waals surface area contributed by atoms with Crippen LogP contribution in [0.1, 0.15) is 45.6 Å². The van der Waals surface area contributed by atoms with Gasteiger partial charge in [0.1, 0.15) is 0 Å². The van der Waals surface area contributed by atoms with Crippen LogP contribution < -0.4 is 16.0 Å². The first kappa shape index (κ1) is 21.8. The highest BCUT2D eigenvalue weighted by atomic mass is 32.2. The number of amides is 1. The zero-order valence-corrected chi connectivity index (χ0v) is 18.6. The van der Waals surface area contributed by atoms with Gasteiger partial charge in [0.25, 0.3) is 5.78 Å². The number of fused-ring (bicyclic) bond motifs is 1. The summed E-state index contributed by atoms with van der Waals surface area (Å²) >= 11 is 1.29. The highest BCUT2D eigenvalue weighted by Gasteiger charge is 2.16. The molecule has 9 nitrogen and oxygen atoms in total. The fourth-order valence-corrected chi connectivity index (χ4v) is 3.58. The monoisotopic (exact) mass is 428 g/mol. The molecule has 0 fully saturated rings. The van der Waals surface area contributed by atoms with E-state index in [-0.39, 0.29) is 11.7 Å². The average Bonchev–Trinajstić information content (AvgIpc) is 3.16. The molecule has 0 spiro atoms. The molecule has 0 aliphatic heterocycles. The minimum Gasteiger partial charge on any atom is -0.355 e. The standard InChI is InChI=1S/C20H28N8OS/c1-5-13(4)14-8-10-15(11-9-14)23-16(29)12-30-20-27-26-19-25-17(21-6-2)24-18(22-7-3)28(19)20/h8-11,13H,5-7,12H2,1-4H3,(H,23,29)(H2,21,22,24,25,26). The number of rotatable bonds is 10. The number of nitrogens with one attached hydrogen (secondary N) is 3. The highest BCUT2D eigenvalue weighted by molar-refractivity contribution is 7.99. The van der Waals surface area contributed by atoms with Gasteiger partial charge in [-0.1, -0.05) is 37.7 Å². The maximum Gasteiger partial charge on any atom is 0.261 e. The number of carbonyl (C=O) groups is 1. The number of anilines is 3. The van der Waals surface area contributed by atoms with Crippen molar-refractivity contribution in [1.29, 1.82) is 0 Å². The van der Waals surface area contributed by atoms with Gasteiger partial charge in [0, 0.05) is 18.8 Å². The topological polar surface area (TPSA) is 109 Å². The van der Waals surface area contributed by atoms with E-state index in [4.69, 9.17) is 0 Å². The normalized spacial score (nSPS) is 12.0. The molecule has 10 heteroatoms. The third-order valence-electron chi connectivity index (χ3n) is 4.62. The number of nitrogens with zero attached hydrogens (tertiary/aromatic N) is 5. The number of hydrogen-bond donors (Lipinski definition) is 3. The van der Waals surface area contributed by atoms with E-state index in [1.807, 2.05) is 26.0 Å². The molecule has 3 N–H and O–H groups in total. The van der Waals surface area contributed by atoms with Crippen LogP contribution >= 0.6 is 11.8 Å². The molecule has 0 aliphatic carbocycles. The average molecular weight is 429 g/mol. The van der Waals surface area contributed by atoms with Crippen LogP contribution in [-0.2, 0) is 4.79 Å². The third-order valence-corrected chi connectivity index (χ3v) is 5.55. The molecular weight excluding hydrogens is 400 g/mol. The molecule has 30 heavy (non-hydrogen) atoms. The Morgan fingerprint density at radius 3 is 2.47 bits per heavy atom. The molecule has 3 aromatic rings. The Bertz CT molecular complexity index is 988. The van der Waals surface area contributed by atoms with Crippen LogP contribution in [-0.4, -0.2) is 49.3 Å². The molecule has 1 atom stereocenters. The van der Waals surface area contributed by atoms with Gasteiger partial charge in [-0.25, -0.2) is 4.40 Å². The Morgan fingerprint density at radius 2 is 1.80 bits per heavy atom. The fraction of sp³-hybridized carbons (Fsp3) is 0.450. The van der Waals surface area contributed by atoms with Gasteiger partial charge in [-0.15, -0.1) is 10.2 Å². The minimum atomic E-state index is -0.108. The molecule has 0 bridgehead atoms. The molecule has 2 heterocycles. The van der Waals surface area contributed by atoms with Gasteiger partial charge in [0.15, 0.2) is 5.16 Å². The van der Waals surface area contributed by atoms with Gasteiger partial charge in [-0.3, -0.25) is 4.79 Å². The molecule has 160 valence electrons. The summed E-state index contributed by atoms with van der Waals surface area (Å²) in [7, 11) is 0. The summed E-state index contributed by atoms with van der Waals surface area (Å²) in [5.41, 5.74) is 2.05. The first-order valence-corrected chi connectivity index (χ1v) is 11.2. The number of aromatic nitrogens is 5. The lowest BCUT2D eigenvalue weighted by atomic mass is 9.99. The number of benzene rings is 1. The lowest BCUT2D eigenvalue weighted by Crippen LogP contribution is -2.15. The van der Waals surface area contributed by atoms with E-state index in [0.717, 1.165) is 12.1 Å². The Labute approximate surface area is 180 Å². The molecule has 0 radical (unpaired) electrons. The Hall–Kier alpha value is -2.88. The zero-order valence-electron chi connectivity index (χ0n) is 17.8. The number of thioether (sulfide) groups is 1. The maximum absolute atomic E-state index is 12.4. The Morgan fingerprint density at radius 1 is 1.07 bits per heavy atom. The van der Waals surface area contributed by atoms with E-state index >= 15 is 0 Å². The van der Waals surface area contributed by atoms with Crippen LogP contribution in [0.25, 0.3) is 5.78 Å². The molecule has 2 aromatic heterocycles. The van der Waals surface area contributed by atoms with Crippen molar-refractivity contribution in [2.75, 3.05) is 34.8 Å². The zero-order chi connectivity index (χ0) is 21.5. The molecule has 1 aromatic carbocycles. The van der Waals surface area contributed by atoms with E-state index in [1.54, 1.807) is 4.40 Å². The summed E-state index contributed by atoms with van der Waals surface area (Å²) in [5.74, 6) is 2.11. The highest BCUT2D eigenvalue weighted by Crippen LogP contribution is 2.23. The second-order valence-corrected chi connectivity index (χ2v) is 7.76. The molecule has 0 saturated carbocycles. The lowest BCUT2D eigenvalue weighted by Gasteiger charge is -2.11. The van der Waals surface area contributed by atoms with Crippen molar-refractivity contribution < 1.29 is 4.79 Å². The van der Waals surface area contributed by atoms with Crippen molar-refractivity contribution in [1.82, 2.24) is 24.6 Å². The van der Waals surface area contributed by atoms with Crippen LogP contribution in [0.2, 0.25) is 0 Å².